The molecule has 0 aliphatic carbocycles. The van der Waals surface area contributed by atoms with E-state index in [1.165, 1.54) is 0 Å². The number of aryl methyl sites for hydroxylation is 1. The summed E-state index contributed by atoms with van der Waals surface area (Å²) in [6.07, 6.45) is 7.85. The summed E-state index contributed by atoms with van der Waals surface area (Å²) in [5, 5.41) is 0.895. The van der Waals surface area contributed by atoms with Gasteiger partial charge in [0.2, 0.25) is 0 Å². The molecular formula is C10H14N2S. The third-order valence-electron chi connectivity index (χ3n) is 1.69. The summed E-state index contributed by atoms with van der Waals surface area (Å²) < 4.78 is 1.96. The van der Waals surface area contributed by atoms with Crippen LogP contribution < -0.4 is 0 Å². The molecule has 0 aliphatic heterocycles. The second kappa shape index (κ2) is 4.33. The van der Waals surface area contributed by atoms with Gasteiger partial charge in [-0.25, -0.2) is 4.98 Å². The molecule has 2 nitrogen and oxygen atoms in total. The van der Waals surface area contributed by atoms with E-state index >= 15 is 0 Å². The second-order valence-electron chi connectivity index (χ2n) is 2.73. The van der Waals surface area contributed by atoms with Crippen LogP contribution in [0.25, 0.3) is 12.3 Å². The molecule has 0 aliphatic rings. The Morgan fingerprint density at radius 2 is 2.00 bits per heavy atom. The van der Waals surface area contributed by atoms with Crippen LogP contribution >= 0.6 is 12.6 Å². The summed E-state index contributed by atoms with van der Waals surface area (Å²) in [4.78, 5) is 4.37. The maximum Gasteiger partial charge on any atom is 0.137 e. The smallest absolute Gasteiger partial charge is 0.137 e. The largest absolute Gasteiger partial charge is 0.295 e. The van der Waals surface area contributed by atoms with Crippen LogP contribution in [0.15, 0.2) is 17.2 Å². The quantitative estimate of drug-likeness (QED) is 0.716. The van der Waals surface area contributed by atoms with Crippen LogP contribution in [0.5, 0.6) is 0 Å². The van der Waals surface area contributed by atoms with Gasteiger partial charge in [-0.3, -0.25) is 4.57 Å². The lowest BCUT2D eigenvalue weighted by Crippen LogP contribution is -1.90. The van der Waals surface area contributed by atoms with Gasteiger partial charge in [0.25, 0.3) is 0 Å². The van der Waals surface area contributed by atoms with Crippen molar-refractivity contribution in [2.45, 2.75) is 25.8 Å². The summed E-state index contributed by atoms with van der Waals surface area (Å²) in [5.41, 5.74) is 0.953. The number of thiol groups is 1. The van der Waals surface area contributed by atoms with Crippen LogP contribution in [0.1, 0.15) is 25.4 Å². The van der Waals surface area contributed by atoms with Gasteiger partial charge in [-0.1, -0.05) is 12.2 Å². The first-order valence-corrected chi connectivity index (χ1v) is 4.68. The van der Waals surface area contributed by atoms with E-state index in [4.69, 9.17) is 0 Å². The molecule has 1 rings (SSSR count). The van der Waals surface area contributed by atoms with Gasteiger partial charge < -0.3 is 0 Å². The minimum absolute atomic E-state index is 0.895. The molecular weight excluding hydrogens is 180 g/mol. The molecule has 3 heteroatoms. The molecule has 0 fully saturated rings. The van der Waals surface area contributed by atoms with Gasteiger partial charge in [-0.2, -0.15) is 0 Å². The first kappa shape index (κ1) is 10.1. The monoisotopic (exact) mass is 194 g/mol. The van der Waals surface area contributed by atoms with E-state index in [0.717, 1.165) is 16.5 Å². The fourth-order valence-electron chi connectivity index (χ4n) is 1.12. The molecule has 0 aromatic carbocycles. The number of hydrogen-bond donors (Lipinski definition) is 1. The normalized spacial score (nSPS) is 12.0. The van der Waals surface area contributed by atoms with Crippen molar-refractivity contribution in [2.24, 2.45) is 0 Å². The molecule has 0 radical (unpaired) electrons. The van der Waals surface area contributed by atoms with Gasteiger partial charge in [0.15, 0.2) is 0 Å². The lowest BCUT2D eigenvalue weighted by atomic mass is 10.5. The van der Waals surface area contributed by atoms with Gasteiger partial charge in [-0.15, -0.1) is 12.6 Å². The highest BCUT2D eigenvalue weighted by Crippen LogP contribution is 2.16. The molecule has 13 heavy (non-hydrogen) atoms. The third-order valence-corrected chi connectivity index (χ3v) is 2.23. The maximum atomic E-state index is 4.37. The summed E-state index contributed by atoms with van der Waals surface area (Å²) >= 11 is 4.37. The van der Waals surface area contributed by atoms with Gasteiger partial charge in [0.05, 0.1) is 10.7 Å². The van der Waals surface area contributed by atoms with Crippen LogP contribution in [-0.4, -0.2) is 9.55 Å². The summed E-state index contributed by atoms with van der Waals surface area (Å²) in [6, 6.07) is 0. The van der Waals surface area contributed by atoms with E-state index in [1.54, 1.807) is 0 Å². The number of imidazole rings is 1. The molecule has 0 unspecified atom stereocenters. The average molecular weight is 194 g/mol. The highest BCUT2D eigenvalue weighted by molar-refractivity contribution is 7.80. The van der Waals surface area contributed by atoms with Crippen LogP contribution in [-0.2, 0) is 0 Å². The summed E-state index contributed by atoms with van der Waals surface area (Å²) in [7, 11) is 0. The molecule has 0 atom stereocenters. The van der Waals surface area contributed by atoms with Crippen molar-refractivity contribution in [3.05, 3.63) is 23.7 Å². The van der Waals surface area contributed by atoms with Gasteiger partial charge >= 0.3 is 0 Å². The summed E-state index contributed by atoms with van der Waals surface area (Å²) in [5.74, 6) is 0.920. The highest BCUT2D eigenvalue weighted by Gasteiger charge is 2.05. The molecule has 0 spiro atoms. The zero-order valence-corrected chi connectivity index (χ0v) is 9.05. The van der Waals surface area contributed by atoms with Crippen molar-refractivity contribution in [1.82, 2.24) is 9.55 Å². The number of hydrogen-bond acceptors (Lipinski definition) is 2. The molecule has 1 aromatic heterocycles. The Balaban J connectivity index is 3.26. The van der Waals surface area contributed by atoms with Gasteiger partial charge in [-0.05, 0) is 26.8 Å². The van der Waals surface area contributed by atoms with E-state index in [2.05, 4.69) is 17.6 Å². The molecule has 70 valence electrons. The van der Waals surface area contributed by atoms with Crippen LogP contribution in [0.2, 0.25) is 0 Å². The zero-order valence-electron chi connectivity index (χ0n) is 8.15. The Morgan fingerprint density at radius 3 is 2.54 bits per heavy atom. The van der Waals surface area contributed by atoms with Crippen molar-refractivity contribution in [2.75, 3.05) is 0 Å². The molecule has 0 saturated heterocycles. The maximum absolute atomic E-state index is 4.37. The topological polar surface area (TPSA) is 17.8 Å². The van der Waals surface area contributed by atoms with Crippen LogP contribution in [0, 0.1) is 6.92 Å². The second-order valence-corrected chi connectivity index (χ2v) is 3.16. The van der Waals surface area contributed by atoms with Crippen molar-refractivity contribution in [1.29, 1.82) is 0 Å². The first-order chi connectivity index (χ1) is 6.20. The Morgan fingerprint density at radius 1 is 1.31 bits per heavy atom. The Kier molecular flexibility index (Phi) is 3.37. The lowest BCUT2D eigenvalue weighted by molar-refractivity contribution is 0.993. The van der Waals surface area contributed by atoms with Crippen LogP contribution in [0.4, 0.5) is 0 Å². The fourth-order valence-corrected chi connectivity index (χ4v) is 1.34. The van der Waals surface area contributed by atoms with Crippen LogP contribution in [0.3, 0.4) is 0 Å². The van der Waals surface area contributed by atoms with Gasteiger partial charge in [0.1, 0.15) is 5.82 Å². The Hall–Kier alpha value is -0.960. The minimum Gasteiger partial charge on any atom is -0.295 e. The van der Waals surface area contributed by atoms with E-state index < -0.39 is 0 Å². The number of rotatable bonds is 2. The number of allylic oxidation sites excluding steroid dienone is 2. The predicted molar refractivity (Wildman–Crippen MR) is 59.9 cm³/mol. The molecule has 0 amide bonds. The minimum atomic E-state index is 0.895. The Bertz CT molecular complexity index is 348. The van der Waals surface area contributed by atoms with E-state index in [0.29, 0.717) is 0 Å². The number of nitrogens with zero attached hydrogens (tertiary/aromatic N) is 2. The zero-order chi connectivity index (χ0) is 9.84. The van der Waals surface area contributed by atoms with Crippen molar-refractivity contribution < 1.29 is 0 Å². The SMILES string of the molecule is C/C=C\c1nc(C)c(S)n1/C=C\C. The van der Waals surface area contributed by atoms with Crippen molar-refractivity contribution in [3.63, 3.8) is 0 Å². The molecule has 0 bridgehead atoms. The van der Waals surface area contributed by atoms with E-state index in [1.807, 2.05) is 49.8 Å². The Labute approximate surface area is 84.4 Å². The van der Waals surface area contributed by atoms with Crippen molar-refractivity contribution in [3.8, 4) is 0 Å². The highest BCUT2D eigenvalue weighted by atomic mass is 32.1. The lowest BCUT2D eigenvalue weighted by Gasteiger charge is -1.98. The molecule has 1 aromatic rings. The van der Waals surface area contributed by atoms with E-state index in [-0.39, 0.29) is 0 Å². The number of aromatic nitrogens is 2. The average Bonchev–Trinajstić information content (AvgIpc) is 2.34. The summed E-state index contributed by atoms with van der Waals surface area (Å²) in [6.45, 7) is 5.90. The van der Waals surface area contributed by atoms with Gasteiger partial charge in [0, 0.05) is 6.20 Å². The molecule has 1 heterocycles. The fraction of sp³-hybridized carbons (Fsp3) is 0.300. The predicted octanol–water partition coefficient (Wildman–Crippen LogP) is 3.00. The third kappa shape index (κ3) is 2.04. The van der Waals surface area contributed by atoms with E-state index in [9.17, 15) is 0 Å². The first-order valence-electron chi connectivity index (χ1n) is 4.24. The standard InChI is InChI=1S/C10H14N2S/c1-4-6-9-11-8(3)10(13)12(9)7-5-2/h4-7,13H,1-3H3/b6-4-,7-5-. The van der Waals surface area contributed by atoms with Crippen molar-refractivity contribution >= 4 is 24.9 Å². The molecule has 0 saturated carbocycles. The molecule has 0 N–H and O–H groups in total.